The molecule has 0 aromatic heterocycles. The molecule has 0 radical (unpaired) electrons. The summed E-state index contributed by atoms with van der Waals surface area (Å²) in [6.07, 6.45) is 0.276. The zero-order valence-electron chi connectivity index (χ0n) is 12.4. The van der Waals surface area contributed by atoms with Crippen molar-refractivity contribution in [3.05, 3.63) is 64.2 Å². The lowest BCUT2D eigenvalue weighted by Gasteiger charge is -2.18. The molecule has 1 N–H and O–H groups in total. The number of hydrogen-bond acceptors (Lipinski definition) is 4. The van der Waals surface area contributed by atoms with Crippen LogP contribution in [0.1, 0.15) is 6.42 Å². The van der Waals surface area contributed by atoms with E-state index >= 15 is 0 Å². The lowest BCUT2D eigenvalue weighted by atomic mass is 10.2. The van der Waals surface area contributed by atoms with E-state index in [2.05, 4.69) is 5.32 Å². The largest absolute Gasteiger partial charge is 0.368 e. The quantitative estimate of drug-likeness (QED) is 0.689. The molecule has 8 heteroatoms. The van der Waals surface area contributed by atoms with Crippen molar-refractivity contribution in [2.24, 2.45) is 0 Å². The van der Waals surface area contributed by atoms with Crippen molar-refractivity contribution < 1.29 is 18.5 Å². The number of rotatable bonds is 4. The number of carbonyl (C=O) groups is 1. The van der Waals surface area contributed by atoms with Gasteiger partial charge in [-0.2, -0.15) is 0 Å². The van der Waals surface area contributed by atoms with Crippen molar-refractivity contribution in [3.8, 4) is 0 Å². The predicted molar refractivity (Wildman–Crippen MR) is 83.8 cm³/mol. The van der Waals surface area contributed by atoms with Gasteiger partial charge in [0, 0.05) is 12.6 Å². The molecule has 0 aliphatic carbocycles. The van der Waals surface area contributed by atoms with E-state index in [9.17, 15) is 23.7 Å². The number of nitrogens with one attached hydrogen (secondary N) is 1. The third-order valence-corrected chi connectivity index (χ3v) is 3.84. The van der Waals surface area contributed by atoms with E-state index in [1.54, 1.807) is 6.07 Å². The Balaban J connectivity index is 1.84. The van der Waals surface area contributed by atoms with Gasteiger partial charge in [0.2, 0.25) is 5.91 Å². The highest BCUT2D eigenvalue weighted by molar-refractivity contribution is 6.01. The summed E-state index contributed by atoms with van der Waals surface area (Å²) in [5.41, 5.74) is -0.369. The number of halogens is 2. The van der Waals surface area contributed by atoms with Gasteiger partial charge in [0.1, 0.15) is 29.1 Å². The molecule has 6 nitrogen and oxygen atoms in total. The van der Waals surface area contributed by atoms with Crippen LogP contribution in [0, 0.1) is 21.7 Å². The van der Waals surface area contributed by atoms with Crippen LogP contribution in [-0.4, -0.2) is 23.4 Å². The summed E-state index contributed by atoms with van der Waals surface area (Å²) < 4.78 is 27.7. The van der Waals surface area contributed by atoms with Gasteiger partial charge in [-0.1, -0.05) is 18.2 Å². The van der Waals surface area contributed by atoms with Crippen LogP contribution in [0.4, 0.5) is 25.8 Å². The van der Waals surface area contributed by atoms with Crippen molar-refractivity contribution in [1.29, 1.82) is 0 Å². The van der Waals surface area contributed by atoms with Crippen molar-refractivity contribution in [1.82, 2.24) is 0 Å². The zero-order chi connectivity index (χ0) is 17.3. The van der Waals surface area contributed by atoms with Crippen molar-refractivity contribution in [2.75, 3.05) is 16.8 Å². The number of nitro benzene ring substituents is 1. The third-order valence-electron chi connectivity index (χ3n) is 3.84. The lowest BCUT2D eigenvalue weighted by Crippen LogP contribution is -2.34. The molecule has 1 amide bonds. The number of benzene rings is 2. The Bertz CT molecular complexity index is 793. The third kappa shape index (κ3) is 2.78. The number of amides is 1. The summed E-state index contributed by atoms with van der Waals surface area (Å²) in [6, 6.07) is 8.50. The standard InChI is InChI=1S/C16H13F2N3O3/c17-10-4-3-5-11(18)15(10)20-9-8-13(16(20)22)19-12-6-1-2-7-14(12)21(23)24/h1-7,13,19H,8-9H2. The maximum absolute atomic E-state index is 13.9. The highest BCUT2D eigenvalue weighted by atomic mass is 19.1. The zero-order valence-corrected chi connectivity index (χ0v) is 12.4. The van der Waals surface area contributed by atoms with Crippen LogP contribution in [0.5, 0.6) is 0 Å². The molecule has 0 saturated carbocycles. The number of nitro groups is 1. The van der Waals surface area contributed by atoms with Crippen molar-refractivity contribution in [3.63, 3.8) is 0 Å². The molecule has 2 aromatic carbocycles. The fourth-order valence-corrected chi connectivity index (χ4v) is 2.73. The fourth-order valence-electron chi connectivity index (χ4n) is 2.73. The van der Waals surface area contributed by atoms with Crippen LogP contribution in [0.3, 0.4) is 0 Å². The van der Waals surface area contributed by atoms with Gasteiger partial charge in [0.25, 0.3) is 5.69 Å². The summed E-state index contributed by atoms with van der Waals surface area (Å²) >= 11 is 0. The smallest absolute Gasteiger partial charge is 0.292 e. The van der Waals surface area contributed by atoms with Gasteiger partial charge in [-0.3, -0.25) is 14.9 Å². The van der Waals surface area contributed by atoms with Crippen LogP contribution in [0.2, 0.25) is 0 Å². The molecule has 1 heterocycles. The van der Waals surface area contributed by atoms with Gasteiger partial charge in [-0.25, -0.2) is 8.78 Å². The average Bonchev–Trinajstić information content (AvgIpc) is 2.89. The summed E-state index contributed by atoms with van der Waals surface area (Å²) in [5, 5.41) is 13.8. The van der Waals surface area contributed by atoms with Gasteiger partial charge in [-0.15, -0.1) is 0 Å². The lowest BCUT2D eigenvalue weighted by molar-refractivity contribution is -0.384. The van der Waals surface area contributed by atoms with E-state index in [0.29, 0.717) is 0 Å². The minimum absolute atomic E-state index is 0.120. The molecule has 1 atom stereocenters. The van der Waals surface area contributed by atoms with Gasteiger partial charge in [-0.05, 0) is 24.6 Å². The Morgan fingerprint density at radius 3 is 2.46 bits per heavy atom. The fraction of sp³-hybridized carbons (Fsp3) is 0.188. The molecule has 24 heavy (non-hydrogen) atoms. The summed E-state index contributed by atoms with van der Waals surface area (Å²) in [5.74, 6) is -2.18. The van der Waals surface area contributed by atoms with Crippen LogP contribution >= 0.6 is 0 Å². The second-order valence-corrected chi connectivity index (χ2v) is 5.32. The number of carbonyl (C=O) groups excluding carboxylic acids is 1. The minimum Gasteiger partial charge on any atom is -0.368 e. The highest BCUT2D eigenvalue weighted by Gasteiger charge is 2.36. The maximum Gasteiger partial charge on any atom is 0.292 e. The summed E-state index contributed by atoms with van der Waals surface area (Å²) in [7, 11) is 0. The molecular formula is C16H13F2N3O3. The highest BCUT2D eigenvalue weighted by Crippen LogP contribution is 2.30. The van der Waals surface area contributed by atoms with Crippen molar-refractivity contribution in [2.45, 2.75) is 12.5 Å². The SMILES string of the molecule is O=C1C(Nc2ccccc2[N+](=O)[O-])CCN1c1c(F)cccc1F. The first-order valence-corrected chi connectivity index (χ1v) is 7.24. The Hall–Kier alpha value is -3.03. The van der Waals surface area contributed by atoms with Gasteiger partial charge in [0.15, 0.2) is 0 Å². The molecule has 1 aliphatic heterocycles. The van der Waals surface area contributed by atoms with E-state index in [1.807, 2.05) is 0 Å². The Morgan fingerprint density at radius 1 is 1.12 bits per heavy atom. The van der Waals surface area contributed by atoms with E-state index in [0.717, 1.165) is 17.0 Å². The maximum atomic E-state index is 13.9. The molecule has 3 rings (SSSR count). The second kappa shape index (κ2) is 6.23. The first-order chi connectivity index (χ1) is 11.5. The topological polar surface area (TPSA) is 75.5 Å². The monoisotopic (exact) mass is 333 g/mol. The molecule has 1 unspecified atom stereocenters. The Kier molecular flexibility index (Phi) is 4.11. The summed E-state index contributed by atoms with van der Waals surface area (Å²) in [6.45, 7) is 0.120. The molecule has 0 spiro atoms. The Labute approximate surface area is 135 Å². The van der Waals surface area contributed by atoms with Gasteiger partial charge in [0.05, 0.1) is 4.92 Å². The van der Waals surface area contributed by atoms with E-state index in [4.69, 9.17) is 0 Å². The predicted octanol–water partition coefficient (Wildman–Crippen LogP) is 3.09. The minimum atomic E-state index is -0.824. The first kappa shape index (κ1) is 15.9. The van der Waals surface area contributed by atoms with E-state index in [-0.39, 0.29) is 24.3 Å². The van der Waals surface area contributed by atoms with Crippen LogP contribution in [-0.2, 0) is 4.79 Å². The van der Waals surface area contributed by atoms with E-state index < -0.39 is 34.2 Å². The molecule has 2 aromatic rings. The molecule has 124 valence electrons. The van der Waals surface area contributed by atoms with E-state index in [1.165, 1.54) is 24.3 Å². The number of para-hydroxylation sites is 3. The van der Waals surface area contributed by atoms with Crippen molar-refractivity contribution >= 4 is 23.0 Å². The second-order valence-electron chi connectivity index (χ2n) is 5.32. The summed E-state index contributed by atoms with van der Waals surface area (Å²) in [4.78, 5) is 23.9. The van der Waals surface area contributed by atoms with Gasteiger partial charge < -0.3 is 10.2 Å². The first-order valence-electron chi connectivity index (χ1n) is 7.24. The molecule has 1 saturated heterocycles. The van der Waals surface area contributed by atoms with Crippen LogP contribution in [0.15, 0.2) is 42.5 Å². The van der Waals surface area contributed by atoms with Crippen LogP contribution < -0.4 is 10.2 Å². The molecular weight excluding hydrogens is 320 g/mol. The van der Waals surface area contributed by atoms with Crippen LogP contribution in [0.25, 0.3) is 0 Å². The number of anilines is 2. The number of hydrogen-bond donors (Lipinski definition) is 1. The molecule has 1 fully saturated rings. The normalized spacial score (nSPS) is 17.2. The average molecular weight is 333 g/mol. The van der Waals surface area contributed by atoms with Gasteiger partial charge >= 0.3 is 0 Å². The molecule has 1 aliphatic rings. The molecule has 0 bridgehead atoms. The Morgan fingerprint density at radius 2 is 1.79 bits per heavy atom. The number of nitrogens with zero attached hydrogens (tertiary/aromatic N) is 2.